The molecule has 3 aromatic rings. The number of hydrogen-bond donors (Lipinski definition) is 1. The van der Waals surface area contributed by atoms with Crippen LogP contribution in [0.2, 0.25) is 0 Å². The minimum Gasteiger partial charge on any atom is -0.347 e. The Morgan fingerprint density at radius 1 is 0.960 bits per heavy atom. The number of hydrogen-bond acceptors (Lipinski definition) is 3. The van der Waals surface area contributed by atoms with Gasteiger partial charge in [-0.15, -0.1) is 5.10 Å². The quantitative estimate of drug-likeness (QED) is 0.774. The number of aromatic nitrogens is 3. The number of nitrogens with zero attached hydrogens (tertiary/aromatic N) is 3. The molecule has 2 aromatic carbocycles. The summed E-state index contributed by atoms with van der Waals surface area (Å²) < 4.78 is 1.74. The van der Waals surface area contributed by atoms with E-state index in [1.165, 1.54) is 0 Å². The van der Waals surface area contributed by atoms with Gasteiger partial charge in [0.1, 0.15) is 0 Å². The first-order valence-corrected chi connectivity index (χ1v) is 8.50. The van der Waals surface area contributed by atoms with E-state index in [-0.39, 0.29) is 5.91 Å². The van der Waals surface area contributed by atoms with Crippen LogP contribution in [-0.2, 0) is 13.1 Å². The van der Waals surface area contributed by atoms with E-state index in [9.17, 15) is 4.79 Å². The van der Waals surface area contributed by atoms with Gasteiger partial charge in [-0.05, 0) is 18.1 Å². The Kier molecular flexibility index (Phi) is 6.89. The average molecular weight is 336 g/mol. The van der Waals surface area contributed by atoms with E-state index in [0.717, 1.165) is 16.8 Å². The van der Waals surface area contributed by atoms with Crippen LogP contribution in [0.4, 0.5) is 0 Å². The molecule has 0 aliphatic carbocycles. The number of rotatable bonds is 5. The van der Waals surface area contributed by atoms with Gasteiger partial charge in [-0.25, -0.2) is 4.68 Å². The minimum absolute atomic E-state index is 0.203. The Labute approximate surface area is 148 Å². The van der Waals surface area contributed by atoms with Gasteiger partial charge in [0.05, 0.1) is 12.2 Å². The summed E-state index contributed by atoms with van der Waals surface area (Å²) in [5.41, 5.74) is 3.31. The minimum atomic E-state index is -0.203. The summed E-state index contributed by atoms with van der Waals surface area (Å²) in [5.74, 6) is -0.203. The van der Waals surface area contributed by atoms with Gasteiger partial charge >= 0.3 is 0 Å². The number of carbonyl (C=O) groups is 1. The van der Waals surface area contributed by atoms with E-state index in [1.54, 1.807) is 4.68 Å². The van der Waals surface area contributed by atoms with Crippen molar-refractivity contribution in [1.82, 2.24) is 20.3 Å². The molecule has 0 atom stereocenters. The summed E-state index contributed by atoms with van der Waals surface area (Å²) in [5, 5.41) is 11.0. The molecule has 1 heterocycles. The summed E-state index contributed by atoms with van der Waals surface area (Å²) in [6, 6.07) is 19.8. The number of amides is 1. The van der Waals surface area contributed by atoms with Crippen LogP contribution in [0.3, 0.4) is 0 Å². The maximum absolute atomic E-state index is 12.3. The Morgan fingerprint density at radius 3 is 2.12 bits per heavy atom. The first-order valence-electron chi connectivity index (χ1n) is 8.50. The molecule has 0 bridgehead atoms. The third kappa shape index (κ3) is 5.01. The van der Waals surface area contributed by atoms with Crippen LogP contribution in [0.5, 0.6) is 0 Å². The first-order chi connectivity index (χ1) is 12.2. The van der Waals surface area contributed by atoms with E-state index in [0.29, 0.717) is 18.8 Å². The smallest absolute Gasteiger partial charge is 0.274 e. The Hall–Kier alpha value is -2.95. The second-order valence-electron chi connectivity index (χ2n) is 5.33. The molecule has 0 radical (unpaired) electrons. The number of benzene rings is 2. The van der Waals surface area contributed by atoms with Gasteiger partial charge in [-0.1, -0.05) is 79.7 Å². The van der Waals surface area contributed by atoms with Crippen molar-refractivity contribution in [3.8, 4) is 0 Å². The van der Waals surface area contributed by atoms with E-state index in [1.807, 2.05) is 81.4 Å². The van der Waals surface area contributed by atoms with Crippen LogP contribution >= 0.6 is 0 Å². The summed E-state index contributed by atoms with van der Waals surface area (Å²) in [4.78, 5) is 12.3. The van der Waals surface area contributed by atoms with Crippen LogP contribution in [0.15, 0.2) is 60.7 Å². The van der Waals surface area contributed by atoms with E-state index in [4.69, 9.17) is 0 Å². The van der Waals surface area contributed by atoms with Crippen molar-refractivity contribution in [3.63, 3.8) is 0 Å². The van der Waals surface area contributed by atoms with E-state index < -0.39 is 0 Å². The zero-order valence-corrected chi connectivity index (χ0v) is 14.9. The molecule has 0 saturated carbocycles. The van der Waals surface area contributed by atoms with Crippen LogP contribution in [-0.4, -0.2) is 20.9 Å². The SMILES string of the molecule is CC.Cc1c(C(=O)NCc2ccccc2)nnn1Cc1ccccc1. The van der Waals surface area contributed by atoms with Crippen molar-refractivity contribution in [3.05, 3.63) is 83.2 Å². The molecule has 0 fully saturated rings. The maximum atomic E-state index is 12.3. The van der Waals surface area contributed by atoms with Crippen molar-refractivity contribution in [2.24, 2.45) is 0 Å². The molecular weight excluding hydrogens is 312 g/mol. The molecule has 0 saturated heterocycles. The third-order valence-corrected chi connectivity index (χ3v) is 3.67. The third-order valence-electron chi connectivity index (χ3n) is 3.67. The van der Waals surface area contributed by atoms with Crippen molar-refractivity contribution in [2.45, 2.75) is 33.9 Å². The molecule has 25 heavy (non-hydrogen) atoms. The van der Waals surface area contributed by atoms with Crippen molar-refractivity contribution in [2.75, 3.05) is 0 Å². The van der Waals surface area contributed by atoms with Crippen LogP contribution in [0, 0.1) is 6.92 Å². The van der Waals surface area contributed by atoms with Crippen molar-refractivity contribution >= 4 is 5.91 Å². The molecule has 1 N–H and O–H groups in total. The standard InChI is InChI=1S/C18H18N4O.C2H6/c1-14-17(18(23)19-12-15-8-4-2-5-9-15)20-21-22(14)13-16-10-6-3-7-11-16;1-2/h2-11H,12-13H2,1H3,(H,19,23);1-2H3. The zero-order valence-electron chi connectivity index (χ0n) is 14.9. The highest BCUT2D eigenvalue weighted by Crippen LogP contribution is 2.08. The lowest BCUT2D eigenvalue weighted by Gasteiger charge is -2.05. The molecule has 0 unspecified atom stereocenters. The van der Waals surface area contributed by atoms with Crippen molar-refractivity contribution in [1.29, 1.82) is 0 Å². The lowest BCUT2D eigenvalue weighted by molar-refractivity contribution is 0.0945. The van der Waals surface area contributed by atoms with Crippen LogP contribution in [0.25, 0.3) is 0 Å². The first kappa shape index (κ1) is 18.4. The summed E-state index contributed by atoms with van der Waals surface area (Å²) in [6.45, 7) is 6.94. The second-order valence-corrected chi connectivity index (χ2v) is 5.33. The fourth-order valence-corrected chi connectivity index (χ4v) is 2.34. The van der Waals surface area contributed by atoms with Crippen molar-refractivity contribution < 1.29 is 4.79 Å². The van der Waals surface area contributed by atoms with Crippen LogP contribution < -0.4 is 5.32 Å². The van der Waals surface area contributed by atoms with Crippen LogP contribution in [0.1, 0.15) is 41.2 Å². The number of carbonyl (C=O) groups excluding carboxylic acids is 1. The maximum Gasteiger partial charge on any atom is 0.274 e. The fourth-order valence-electron chi connectivity index (χ4n) is 2.34. The molecule has 130 valence electrons. The van der Waals surface area contributed by atoms with Gasteiger partial charge < -0.3 is 5.32 Å². The molecule has 5 nitrogen and oxygen atoms in total. The predicted molar refractivity (Wildman–Crippen MR) is 99.3 cm³/mol. The van der Waals surface area contributed by atoms with E-state index >= 15 is 0 Å². The Bertz CT molecular complexity index is 782. The Balaban J connectivity index is 0.00000109. The zero-order chi connectivity index (χ0) is 18.1. The molecule has 0 aliphatic rings. The number of nitrogens with one attached hydrogen (secondary N) is 1. The summed E-state index contributed by atoms with van der Waals surface area (Å²) >= 11 is 0. The highest BCUT2D eigenvalue weighted by atomic mass is 16.2. The average Bonchev–Trinajstić information content (AvgIpc) is 3.04. The lowest BCUT2D eigenvalue weighted by atomic mass is 10.2. The molecule has 5 heteroatoms. The fraction of sp³-hybridized carbons (Fsp3) is 0.250. The van der Waals surface area contributed by atoms with Gasteiger partial charge in [0.25, 0.3) is 5.91 Å². The van der Waals surface area contributed by atoms with E-state index in [2.05, 4.69) is 15.6 Å². The second kappa shape index (κ2) is 9.37. The molecule has 3 rings (SSSR count). The molecule has 1 amide bonds. The predicted octanol–water partition coefficient (Wildman–Crippen LogP) is 3.59. The van der Waals surface area contributed by atoms with Gasteiger partial charge in [0, 0.05) is 6.54 Å². The summed E-state index contributed by atoms with van der Waals surface area (Å²) in [7, 11) is 0. The largest absolute Gasteiger partial charge is 0.347 e. The highest BCUT2D eigenvalue weighted by Gasteiger charge is 2.16. The normalized spacial score (nSPS) is 9.88. The summed E-state index contributed by atoms with van der Waals surface area (Å²) in [6.07, 6.45) is 0. The topological polar surface area (TPSA) is 59.8 Å². The molecule has 0 spiro atoms. The highest BCUT2D eigenvalue weighted by molar-refractivity contribution is 5.93. The molecular formula is C20H24N4O. The molecule has 0 aliphatic heterocycles. The van der Waals surface area contributed by atoms with Gasteiger partial charge in [0.2, 0.25) is 0 Å². The lowest BCUT2D eigenvalue weighted by Crippen LogP contribution is -2.24. The Morgan fingerprint density at radius 2 is 1.52 bits per heavy atom. The monoisotopic (exact) mass is 336 g/mol. The van der Waals surface area contributed by atoms with Gasteiger partial charge in [-0.2, -0.15) is 0 Å². The van der Waals surface area contributed by atoms with Gasteiger partial charge in [0.15, 0.2) is 5.69 Å². The van der Waals surface area contributed by atoms with Gasteiger partial charge in [-0.3, -0.25) is 4.79 Å². The molecule has 1 aromatic heterocycles.